The highest BCUT2D eigenvalue weighted by Crippen LogP contribution is 2.39. The lowest BCUT2D eigenvalue weighted by molar-refractivity contribution is 0.126. The van der Waals surface area contributed by atoms with Gasteiger partial charge in [-0.3, -0.25) is 4.90 Å². The van der Waals surface area contributed by atoms with E-state index in [0.717, 1.165) is 41.7 Å². The Morgan fingerprint density at radius 3 is 2.36 bits per heavy atom. The normalized spacial score (nSPS) is 18.0. The predicted molar refractivity (Wildman–Crippen MR) is 115 cm³/mol. The number of nitrogens with zero attached hydrogens (tertiary/aromatic N) is 1. The molecule has 1 aromatic carbocycles. The number of halogens is 4. The van der Waals surface area contributed by atoms with E-state index in [1.54, 1.807) is 0 Å². The molecular weight excluding hydrogens is 549 g/mol. The van der Waals surface area contributed by atoms with E-state index in [4.69, 9.17) is 0 Å². The van der Waals surface area contributed by atoms with Gasteiger partial charge in [0.15, 0.2) is 0 Å². The quantitative estimate of drug-likeness (QED) is 0.524. The van der Waals surface area contributed by atoms with E-state index < -0.39 is 0 Å². The number of hydrogen-bond acceptors (Lipinski definition) is 3. The summed E-state index contributed by atoms with van der Waals surface area (Å²) in [6.45, 7) is 8.70. The van der Waals surface area contributed by atoms with E-state index in [1.165, 1.54) is 3.57 Å². The number of rotatable bonds is 4. The summed E-state index contributed by atoms with van der Waals surface area (Å²) in [5.41, 5.74) is 1.09. The summed E-state index contributed by atoms with van der Waals surface area (Å²) < 4.78 is 2.15. The van der Waals surface area contributed by atoms with Crippen LogP contribution in [0.5, 0.6) is 5.75 Å². The Hall–Kier alpha value is 0.980. The van der Waals surface area contributed by atoms with Crippen LogP contribution in [0.1, 0.15) is 31.9 Å². The molecule has 0 aromatic heterocycles. The average Bonchev–Trinajstić information content (AvgIpc) is 2.45. The first kappa shape index (κ1) is 23.0. The lowest BCUT2D eigenvalue weighted by Gasteiger charge is -2.38. The van der Waals surface area contributed by atoms with Crippen LogP contribution >= 0.6 is 70.0 Å². The van der Waals surface area contributed by atoms with Crippen LogP contribution < -0.4 is 5.32 Å². The fraction of sp³-hybridized carbons (Fsp3) is 0.600. The van der Waals surface area contributed by atoms with Crippen molar-refractivity contribution in [2.45, 2.75) is 26.3 Å². The van der Waals surface area contributed by atoms with Crippen LogP contribution in [0.15, 0.2) is 12.1 Å². The standard InChI is InChI=1S/C15H22I2N2O.2ClH/c1-3-10(2)14(19-6-4-18-5-7-19)12-8-11(16)9-13(17)15(12)20;;/h8-10,14,18,20H,3-7H2,1-2H3;2*1H/t10?,14-;;/m0../s1. The maximum Gasteiger partial charge on any atom is 0.133 e. The van der Waals surface area contributed by atoms with E-state index in [2.05, 4.69) is 75.3 Å². The number of hydrogen-bond donors (Lipinski definition) is 2. The summed E-state index contributed by atoms with van der Waals surface area (Å²) in [6.07, 6.45) is 1.12. The van der Waals surface area contributed by atoms with Gasteiger partial charge in [0.1, 0.15) is 5.75 Å². The van der Waals surface area contributed by atoms with Crippen molar-refractivity contribution in [3.8, 4) is 5.75 Å². The predicted octanol–water partition coefficient (Wildman–Crippen LogP) is 4.44. The van der Waals surface area contributed by atoms with Crippen molar-refractivity contribution in [1.29, 1.82) is 0 Å². The maximum absolute atomic E-state index is 10.5. The van der Waals surface area contributed by atoms with Gasteiger partial charge in [-0.1, -0.05) is 20.3 Å². The second-order valence-corrected chi connectivity index (χ2v) is 7.85. The molecule has 0 spiro atoms. The van der Waals surface area contributed by atoms with Gasteiger partial charge in [-0.15, -0.1) is 24.8 Å². The van der Waals surface area contributed by atoms with Gasteiger partial charge in [-0.05, 0) is 63.2 Å². The van der Waals surface area contributed by atoms with Crippen LogP contribution in [0.25, 0.3) is 0 Å². The van der Waals surface area contributed by atoms with Crippen LogP contribution in [0.2, 0.25) is 0 Å². The maximum atomic E-state index is 10.5. The van der Waals surface area contributed by atoms with E-state index in [-0.39, 0.29) is 24.8 Å². The number of piperazine rings is 1. The molecule has 0 aliphatic carbocycles. The Morgan fingerprint density at radius 2 is 1.82 bits per heavy atom. The van der Waals surface area contributed by atoms with Crippen LogP contribution in [-0.4, -0.2) is 36.2 Å². The third kappa shape index (κ3) is 5.51. The molecule has 2 N–H and O–H groups in total. The third-order valence-corrected chi connectivity index (χ3v) is 5.55. The molecule has 22 heavy (non-hydrogen) atoms. The van der Waals surface area contributed by atoms with Crippen molar-refractivity contribution >= 4 is 70.0 Å². The molecule has 0 bridgehead atoms. The van der Waals surface area contributed by atoms with Crippen LogP contribution in [0, 0.1) is 13.1 Å². The molecule has 1 aliphatic heterocycles. The number of benzene rings is 1. The molecule has 0 saturated carbocycles. The molecule has 1 unspecified atom stereocenters. The first-order chi connectivity index (χ1) is 9.54. The van der Waals surface area contributed by atoms with Gasteiger partial charge in [0.05, 0.1) is 3.57 Å². The fourth-order valence-corrected chi connectivity index (χ4v) is 4.75. The minimum atomic E-state index is 0. The summed E-state index contributed by atoms with van der Waals surface area (Å²) in [7, 11) is 0. The van der Waals surface area contributed by atoms with Gasteiger partial charge in [-0.2, -0.15) is 0 Å². The lowest BCUT2D eigenvalue weighted by Crippen LogP contribution is -2.46. The third-order valence-electron chi connectivity index (χ3n) is 4.10. The van der Waals surface area contributed by atoms with Gasteiger partial charge < -0.3 is 10.4 Å². The Balaban J connectivity index is 0.00000220. The zero-order valence-electron chi connectivity index (χ0n) is 12.8. The van der Waals surface area contributed by atoms with Crippen molar-refractivity contribution in [2.75, 3.05) is 26.2 Å². The molecule has 7 heteroatoms. The number of aromatic hydroxyl groups is 1. The van der Waals surface area contributed by atoms with Crippen LogP contribution in [0.3, 0.4) is 0 Å². The molecule has 1 saturated heterocycles. The molecule has 1 aromatic rings. The summed E-state index contributed by atoms with van der Waals surface area (Å²) in [5, 5.41) is 13.9. The number of nitrogens with one attached hydrogen (secondary N) is 1. The topological polar surface area (TPSA) is 35.5 Å². The molecule has 2 atom stereocenters. The van der Waals surface area contributed by atoms with Crippen molar-refractivity contribution in [2.24, 2.45) is 5.92 Å². The molecular formula is C15H24Cl2I2N2O. The lowest BCUT2D eigenvalue weighted by atomic mass is 9.90. The Labute approximate surface area is 173 Å². The Morgan fingerprint density at radius 1 is 1.23 bits per heavy atom. The van der Waals surface area contributed by atoms with Crippen molar-refractivity contribution in [1.82, 2.24) is 10.2 Å². The van der Waals surface area contributed by atoms with Gasteiger partial charge in [0.25, 0.3) is 0 Å². The second-order valence-electron chi connectivity index (χ2n) is 5.44. The fourth-order valence-electron chi connectivity index (χ4n) is 2.86. The first-order valence-electron chi connectivity index (χ1n) is 7.17. The average molecular weight is 573 g/mol. The minimum Gasteiger partial charge on any atom is -0.506 e. The molecule has 0 radical (unpaired) electrons. The van der Waals surface area contributed by atoms with E-state index >= 15 is 0 Å². The Bertz CT molecular complexity index is 471. The van der Waals surface area contributed by atoms with Gasteiger partial charge in [-0.25, -0.2) is 0 Å². The molecule has 1 fully saturated rings. The smallest absolute Gasteiger partial charge is 0.133 e. The van der Waals surface area contributed by atoms with E-state index in [0.29, 0.717) is 17.7 Å². The zero-order valence-corrected chi connectivity index (χ0v) is 18.8. The van der Waals surface area contributed by atoms with E-state index in [1.807, 2.05) is 6.07 Å². The summed E-state index contributed by atoms with van der Waals surface area (Å²) in [4.78, 5) is 2.52. The molecule has 1 heterocycles. The summed E-state index contributed by atoms with van der Waals surface area (Å²) >= 11 is 4.57. The SMILES string of the molecule is CCC(C)[C@@H](c1cc(I)cc(I)c1O)N1CCNCC1.Cl.Cl. The molecule has 0 amide bonds. The monoisotopic (exact) mass is 572 g/mol. The first-order valence-corrected chi connectivity index (χ1v) is 9.33. The van der Waals surface area contributed by atoms with Crippen LogP contribution in [-0.2, 0) is 0 Å². The second kappa shape index (κ2) is 10.8. The van der Waals surface area contributed by atoms with Gasteiger partial charge in [0, 0.05) is 41.4 Å². The largest absolute Gasteiger partial charge is 0.506 e. The van der Waals surface area contributed by atoms with E-state index in [9.17, 15) is 5.11 Å². The summed E-state index contributed by atoms with van der Waals surface area (Å²) in [6, 6.07) is 4.49. The minimum absolute atomic E-state index is 0. The van der Waals surface area contributed by atoms with Gasteiger partial charge >= 0.3 is 0 Å². The van der Waals surface area contributed by atoms with Gasteiger partial charge in [0.2, 0.25) is 0 Å². The summed E-state index contributed by atoms with van der Waals surface area (Å²) in [5.74, 6) is 1.00. The highest BCUT2D eigenvalue weighted by molar-refractivity contribution is 14.1. The zero-order chi connectivity index (χ0) is 14.7. The molecule has 1 aliphatic rings. The Kier molecular flexibility index (Phi) is 11.2. The van der Waals surface area contributed by atoms with Crippen molar-refractivity contribution in [3.05, 3.63) is 24.8 Å². The highest BCUT2D eigenvalue weighted by Gasteiger charge is 2.29. The van der Waals surface area contributed by atoms with Crippen LogP contribution in [0.4, 0.5) is 0 Å². The molecule has 3 nitrogen and oxygen atoms in total. The highest BCUT2D eigenvalue weighted by atomic mass is 127. The number of phenolic OH excluding ortho intramolecular Hbond substituents is 1. The number of phenols is 1. The molecule has 2 rings (SSSR count). The van der Waals surface area contributed by atoms with Crippen molar-refractivity contribution in [3.63, 3.8) is 0 Å². The van der Waals surface area contributed by atoms with Crippen molar-refractivity contribution < 1.29 is 5.11 Å². The molecule has 128 valence electrons.